The van der Waals surface area contributed by atoms with Crippen LogP contribution in [-0.2, 0) is 4.79 Å². The topological polar surface area (TPSA) is 29.1 Å². The highest BCUT2D eigenvalue weighted by Crippen LogP contribution is 2.27. The molecule has 2 nitrogen and oxygen atoms in total. The van der Waals surface area contributed by atoms with Crippen LogP contribution in [0.4, 0.5) is 10.1 Å². The van der Waals surface area contributed by atoms with Crippen LogP contribution in [-0.4, -0.2) is 5.91 Å². The van der Waals surface area contributed by atoms with E-state index in [1.807, 2.05) is 6.92 Å². The summed E-state index contributed by atoms with van der Waals surface area (Å²) in [4.78, 5) is 11.6. The third-order valence-electron chi connectivity index (χ3n) is 2.79. The molecule has 15 heavy (non-hydrogen) atoms. The van der Waals surface area contributed by atoms with Crippen LogP contribution in [0.2, 0.25) is 0 Å². The van der Waals surface area contributed by atoms with Crippen molar-refractivity contribution in [3.05, 3.63) is 29.6 Å². The number of aryl methyl sites for hydroxylation is 1. The van der Waals surface area contributed by atoms with Crippen molar-refractivity contribution < 1.29 is 9.18 Å². The van der Waals surface area contributed by atoms with Crippen LogP contribution < -0.4 is 5.32 Å². The Morgan fingerprint density at radius 2 is 2.13 bits per heavy atom. The first kappa shape index (κ1) is 10.1. The van der Waals surface area contributed by atoms with Gasteiger partial charge in [0.15, 0.2) is 0 Å². The summed E-state index contributed by atoms with van der Waals surface area (Å²) in [7, 11) is 0. The molecule has 1 fully saturated rings. The van der Waals surface area contributed by atoms with Gasteiger partial charge in [-0.25, -0.2) is 4.39 Å². The fourth-order valence-corrected chi connectivity index (χ4v) is 1.72. The second-order valence-corrected chi connectivity index (χ2v) is 4.13. The zero-order chi connectivity index (χ0) is 10.8. The monoisotopic (exact) mass is 207 g/mol. The van der Waals surface area contributed by atoms with Crippen molar-refractivity contribution in [3.63, 3.8) is 0 Å². The number of benzene rings is 1. The van der Waals surface area contributed by atoms with Gasteiger partial charge >= 0.3 is 0 Å². The number of carbonyl (C=O) groups excluding carboxylic acids is 1. The van der Waals surface area contributed by atoms with Crippen LogP contribution in [0, 0.1) is 18.7 Å². The molecule has 0 aromatic heterocycles. The van der Waals surface area contributed by atoms with Gasteiger partial charge in [0, 0.05) is 11.6 Å². The van der Waals surface area contributed by atoms with Gasteiger partial charge in [0.25, 0.3) is 0 Å². The largest absolute Gasteiger partial charge is 0.326 e. The predicted molar refractivity (Wildman–Crippen MR) is 57.1 cm³/mol. The van der Waals surface area contributed by atoms with Gasteiger partial charge in [0.05, 0.1) is 0 Å². The number of halogens is 1. The number of rotatable bonds is 2. The lowest BCUT2D eigenvalue weighted by Crippen LogP contribution is -2.28. The zero-order valence-corrected chi connectivity index (χ0v) is 8.72. The first-order valence-electron chi connectivity index (χ1n) is 5.23. The van der Waals surface area contributed by atoms with E-state index in [-0.39, 0.29) is 17.6 Å². The molecule has 0 bridgehead atoms. The summed E-state index contributed by atoms with van der Waals surface area (Å²) in [6.45, 7) is 1.81. The molecule has 0 aliphatic heterocycles. The summed E-state index contributed by atoms with van der Waals surface area (Å²) in [5.41, 5.74) is 1.38. The summed E-state index contributed by atoms with van der Waals surface area (Å²) < 4.78 is 13.0. The summed E-state index contributed by atoms with van der Waals surface area (Å²) in [5.74, 6) is -0.154. The van der Waals surface area contributed by atoms with Gasteiger partial charge in [-0.1, -0.05) is 6.42 Å². The molecule has 0 spiro atoms. The van der Waals surface area contributed by atoms with Crippen molar-refractivity contribution in [2.24, 2.45) is 5.92 Å². The molecule has 0 radical (unpaired) electrons. The molecule has 80 valence electrons. The number of hydrogen-bond donors (Lipinski definition) is 1. The molecule has 1 aromatic carbocycles. The standard InChI is InChI=1S/C12H14FNO/c1-8-5-10(13)7-11(6-8)14-12(15)9-3-2-4-9/h5-7,9H,2-4H2,1H3,(H,14,15). The Bertz CT molecular complexity index is 365. The Morgan fingerprint density at radius 1 is 1.40 bits per heavy atom. The van der Waals surface area contributed by atoms with Gasteiger partial charge in [-0.3, -0.25) is 4.79 Å². The molecule has 0 saturated heterocycles. The van der Waals surface area contributed by atoms with Gasteiger partial charge in [0.2, 0.25) is 5.91 Å². The van der Waals surface area contributed by atoms with Gasteiger partial charge < -0.3 is 5.32 Å². The maximum Gasteiger partial charge on any atom is 0.227 e. The van der Waals surface area contributed by atoms with Crippen molar-refractivity contribution >= 4 is 11.6 Å². The lowest BCUT2D eigenvalue weighted by Gasteiger charge is -2.24. The smallest absolute Gasteiger partial charge is 0.227 e. The van der Waals surface area contributed by atoms with Crippen LogP contribution in [0.5, 0.6) is 0 Å². The average Bonchev–Trinajstić information content (AvgIpc) is 1.96. The molecule has 1 aromatic rings. The van der Waals surface area contributed by atoms with E-state index in [0.29, 0.717) is 5.69 Å². The average molecular weight is 207 g/mol. The Labute approximate surface area is 88.5 Å². The predicted octanol–water partition coefficient (Wildman–Crippen LogP) is 2.87. The SMILES string of the molecule is Cc1cc(F)cc(NC(=O)C2CCC2)c1. The zero-order valence-electron chi connectivity index (χ0n) is 8.72. The minimum absolute atomic E-state index is 0.0197. The number of nitrogens with one attached hydrogen (secondary N) is 1. The number of carbonyl (C=O) groups is 1. The van der Waals surface area contributed by atoms with Crippen molar-refractivity contribution in [2.45, 2.75) is 26.2 Å². The first-order valence-corrected chi connectivity index (χ1v) is 5.23. The second-order valence-electron chi connectivity index (χ2n) is 4.13. The Hall–Kier alpha value is -1.38. The maximum atomic E-state index is 13.0. The summed E-state index contributed by atoms with van der Waals surface area (Å²) in [6, 6.07) is 4.57. The fraction of sp³-hybridized carbons (Fsp3) is 0.417. The van der Waals surface area contributed by atoms with E-state index in [0.717, 1.165) is 24.8 Å². The Balaban J connectivity index is 2.06. The molecule has 1 aliphatic rings. The molecular weight excluding hydrogens is 193 g/mol. The van der Waals surface area contributed by atoms with Gasteiger partial charge in [-0.15, -0.1) is 0 Å². The summed E-state index contributed by atoms with van der Waals surface area (Å²) in [5, 5.41) is 2.75. The van der Waals surface area contributed by atoms with Gasteiger partial charge in [-0.05, 0) is 43.5 Å². The quantitative estimate of drug-likeness (QED) is 0.793. The molecule has 1 amide bonds. The molecule has 1 saturated carbocycles. The minimum Gasteiger partial charge on any atom is -0.326 e. The maximum absolute atomic E-state index is 13.0. The van der Waals surface area contributed by atoms with Crippen LogP contribution in [0.15, 0.2) is 18.2 Å². The lowest BCUT2D eigenvalue weighted by atomic mass is 9.85. The first-order chi connectivity index (χ1) is 7.15. The number of anilines is 1. The third kappa shape index (κ3) is 2.35. The summed E-state index contributed by atoms with van der Waals surface area (Å²) >= 11 is 0. The summed E-state index contributed by atoms with van der Waals surface area (Å²) in [6.07, 6.45) is 3.04. The molecule has 1 aliphatic carbocycles. The molecular formula is C12H14FNO. The Kier molecular flexibility index (Phi) is 2.71. The minimum atomic E-state index is -0.307. The fourth-order valence-electron chi connectivity index (χ4n) is 1.72. The van der Waals surface area contributed by atoms with Crippen molar-refractivity contribution in [1.82, 2.24) is 0 Å². The van der Waals surface area contributed by atoms with Crippen molar-refractivity contribution in [3.8, 4) is 0 Å². The molecule has 2 rings (SSSR count). The van der Waals surface area contributed by atoms with Crippen molar-refractivity contribution in [1.29, 1.82) is 0 Å². The highest BCUT2D eigenvalue weighted by atomic mass is 19.1. The Morgan fingerprint density at radius 3 is 2.67 bits per heavy atom. The van der Waals surface area contributed by atoms with Gasteiger partial charge in [0.1, 0.15) is 5.82 Å². The highest BCUT2D eigenvalue weighted by Gasteiger charge is 2.25. The molecule has 0 unspecified atom stereocenters. The molecule has 1 N–H and O–H groups in total. The van der Waals surface area contributed by atoms with E-state index in [4.69, 9.17) is 0 Å². The molecule has 3 heteroatoms. The van der Waals surface area contributed by atoms with Gasteiger partial charge in [-0.2, -0.15) is 0 Å². The lowest BCUT2D eigenvalue weighted by molar-refractivity contribution is -0.122. The molecule has 0 heterocycles. The van der Waals surface area contributed by atoms with E-state index < -0.39 is 0 Å². The number of amides is 1. The van der Waals surface area contributed by atoms with E-state index in [1.165, 1.54) is 12.1 Å². The second kappa shape index (κ2) is 4.01. The van der Waals surface area contributed by atoms with E-state index in [9.17, 15) is 9.18 Å². The van der Waals surface area contributed by atoms with E-state index in [1.54, 1.807) is 6.07 Å². The normalized spacial score (nSPS) is 15.9. The van der Waals surface area contributed by atoms with Crippen LogP contribution in [0.3, 0.4) is 0 Å². The van der Waals surface area contributed by atoms with Crippen LogP contribution in [0.25, 0.3) is 0 Å². The molecule has 0 atom stereocenters. The van der Waals surface area contributed by atoms with Crippen LogP contribution in [0.1, 0.15) is 24.8 Å². The third-order valence-corrected chi connectivity index (χ3v) is 2.79. The van der Waals surface area contributed by atoms with Crippen molar-refractivity contribution in [2.75, 3.05) is 5.32 Å². The highest BCUT2D eigenvalue weighted by molar-refractivity contribution is 5.93. The van der Waals surface area contributed by atoms with E-state index >= 15 is 0 Å². The van der Waals surface area contributed by atoms with E-state index in [2.05, 4.69) is 5.32 Å². The van der Waals surface area contributed by atoms with Crippen LogP contribution >= 0.6 is 0 Å². The number of hydrogen-bond acceptors (Lipinski definition) is 1.